The minimum absolute atomic E-state index is 0.376. The largest absolute Gasteiger partial charge is 0.481 e. The maximum Gasteiger partial charge on any atom is 0.396 e. The van der Waals surface area contributed by atoms with Crippen LogP contribution in [0.1, 0.15) is 37.7 Å². The normalized spacial score (nSPS) is 18.5. The van der Waals surface area contributed by atoms with Gasteiger partial charge in [-0.3, -0.25) is 4.79 Å². The summed E-state index contributed by atoms with van der Waals surface area (Å²) in [7, 11) is 0. The molecule has 0 radical (unpaired) electrons. The standard InChI is InChI=1S/C14H14O4S/c15-12(16)14(7-2-1-3-8-14)9-5-4-6-10-11(9)19-13(17)18-10/h4-6H,1-3,7-8H2,(H,15,16). The minimum Gasteiger partial charge on any atom is -0.481 e. The van der Waals surface area contributed by atoms with E-state index in [-0.39, 0.29) is 4.94 Å². The fourth-order valence-corrected chi connectivity index (χ4v) is 3.91. The molecule has 1 fully saturated rings. The van der Waals surface area contributed by atoms with Crippen molar-refractivity contribution in [1.82, 2.24) is 0 Å². The second-order valence-corrected chi connectivity index (χ2v) is 5.98. The van der Waals surface area contributed by atoms with Gasteiger partial charge in [0.25, 0.3) is 0 Å². The highest BCUT2D eigenvalue weighted by Crippen LogP contribution is 2.43. The Morgan fingerprint density at radius 1 is 1.26 bits per heavy atom. The summed E-state index contributed by atoms with van der Waals surface area (Å²) in [6, 6.07) is 5.31. The molecule has 0 amide bonds. The minimum atomic E-state index is -0.857. The Morgan fingerprint density at radius 3 is 2.68 bits per heavy atom. The van der Waals surface area contributed by atoms with Gasteiger partial charge < -0.3 is 9.52 Å². The van der Waals surface area contributed by atoms with Crippen LogP contribution >= 0.6 is 11.3 Å². The molecule has 19 heavy (non-hydrogen) atoms. The lowest BCUT2D eigenvalue weighted by molar-refractivity contribution is -0.145. The summed E-state index contributed by atoms with van der Waals surface area (Å²) < 4.78 is 5.79. The van der Waals surface area contributed by atoms with Crippen molar-refractivity contribution in [3.63, 3.8) is 0 Å². The lowest BCUT2D eigenvalue weighted by Gasteiger charge is -2.33. The summed E-state index contributed by atoms with van der Waals surface area (Å²) in [5.41, 5.74) is 0.386. The average Bonchev–Trinajstić information content (AvgIpc) is 2.79. The number of carbonyl (C=O) groups is 1. The number of hydrogen-bond donors (Lipinski definition) is 1. The lowest BCUT2D eigenvalue weighted by Crippen LogP contribution is -2.37. The number of hydrogen-bond acceptors (Lipinski definition) is 4. The van der Waals surface area contributed by atoms with Gasteiger partial charge in [0, 0.05) is 0 Å². The molecule has 5 heteroatoms. The quantitative estimate of drug-likeness (QED) is 0.916. The van der Waals surface area contributed by atoms with E-state index in [9.17, 15) is 14.7 Å². The van der Waals surface area contributed by atoms with E-state index in [4.69, 9.17) is 4.42 Å². The molecule has 1 N–H and O–H groups in total. The number of rotatable bonds is 2. The maximum atomic E-state index is 11.8. The Balaban J connectivity index is 2.25. The Bertz CT molecular complexity index is 676. The number of benzene rings is 1. The molecule has 1 aromatic carbocycles. The fraction of sp³-hybridized carbons (Fsp3) is 0.429. The van der Waals surface area contributed by atoms with Crippen LogP contribution in [0.3, 0.4) is 0 Å². The summed E-state index contributed by atoms with van der Waals surface area (Å²) in [5, 5.41) is 9.70. The van der Waals surface area contributed by atoms with E-state index in [1.807, 2.05) is 6.07 Å². The van der Waals surface area contributed by atoms with Crippen molar-refractivity contribution in [2.75, 3.05) is 0 Å². The van der Waals surface area contributed by atoms with Crippen molar-refractivity contribution < 1.29 is 14.3 Å². The molecule has 0 saturated heterocycles. The molecule has 0 unspecified atom stereocenters. The zero-order valence-electron chi connectivity index (χ0n) is 10.3. The van der Waals surface area contributed by atoms with Crippen LogP contribution in [0.25, 0.3) is 10.3 Å². The number of carboxylic acids is 1. The molecule has 1 aliphatic rings. The molecule has 0 spiro atoms. The van der Waals surface area contributed by atoms with Crippen molar-refractivity contribution >= 4 is 27.6 Å². The van der Waals surface area contributed by atoms with E-state index in [1.165, 1.54) is 0 Å². The van der Waals surface area contributed by atoms with Gasteiger partial charge in [0.05, 0.1) is 10.1 Å². The first-order chi connectivity index (χ1) is 9.13. The summed E-state index contributed by atoms with van der Waals surface area (Å²) in [6.45, 7) is 0. The third-order valence-corrected chi connectivity index (χ3v) is 4.86. The van der Waals surface area contributed by atoms with Crippen LogP contribution in [-0.4, -0.2) is 11.1 Å². The second-order valence-electron chi connectivity index (χ2n) is 5.03. The fourth-order valence-electron chi connectivity index (χ4n) is 3.03. The van der Waals surface area contributed by atoms with Crippen LogP contribution in [-0.2, 0) is 10.2 Å². The maximum absolute atomic E-state index is 11.8. The van der Waals surface area contributed by atoms with Gasteiger partial charge in [0.15, 0.2) is 0 Å². The van der Waals surface area contributed by atoms with E-state index in [2.05, 4.69) is 0 Å². The van der Waals surface area contributed by atoms with E-state index >= 15 is 0 Å². The van der Waals surface area contributed by atoms with Crippen LogP contribution in [0, 0.1) is 0 Å². The molecule has 1 aliphatic carbocycles. The van der Waals surface area contributed by atoms with Crippen LogP contribution in [0.5, 0.6) is 0 Å². The summed E-state index contributed by atoms with van der Waals surface area (Å²) in [5.74, 6) is -0.791. The van der Waals surface area contributed by atoms with Gasteiger partial charge in [-0.1, -0.05) is 42.7 Å². The second kappa shape index (κ2) is 4.49. The molecular weight excluding hydrogens is 264 g/mol. The van der Waals surface area contributed by atoms with Gasteiger partial charge in [-0.2, -0.15) is 0 Å². The molecule has 0 atom stereocenters. The summed E-state index contributed by atoms with van der Waals surface area (Å²) in [6.07, 6.45) is 4.17. The van der Waals surface area contributed by atoms with Crippen molar-refractivity contribution in [3.05, 3.63) is 33.5 Å². The van der Waals surface area contributed by atoms with Crippen LogP contribution in [0.2, 0.25) is 0 Å². The van der Waals surface area contributed by atoms with Gasteiger partial charge in [-0.25, -0.2) is 4.79 Å². The molecule has 4 nitrogen and oxygen atoms in total. The SMILES string of the molecule is O=C(O)C1(c2cccc3oc(=O)sc23)CCCCC1. The van der Waals surface area contributed by atoms with E-state index in [0.717, 1.165) is 36.2 Å². The smallest absolute Gasteiger partial charge is 0.396 e. The van der Waals surface area contributed by atoms with Gasteiger partial charge in [-0.05, 0) is 24.5 Å². The third-order valence-electron chi connectivity index (χ3n) is 3.99. The third kappa shape index (κ3) is 1.89. The van der Waals surface area contributed by atoms with Crippen molar-refractivity contribution in [2.45, 2.75) is 37.5 Å². The highest BCUT2D eigenvalue weighted by molar-refractivity contribution is 7.16. The van der Waals surface area contributed by atoms with Gasteiger partial charge >= 0.3 is 10.9 Å². The van der Waals surface area contributed by atoms with Gasteiger partial charge in [0.2, 0.25) is 0 Å². The highest BCUT2D eigenvalue weighted by Gasteiger charge is 2.42. The first kappa shape index (κ1) is 12.4. The Kier molecular flexibility index (Phi) is 2.93. The summed E-state index contributed by atoms with van der Waals surface area (Å²) in [4.78, 5) is 22.8. The molecule has 2 aromatic rings. The van der Waals surface area contributed by atoms with Crippen molar-refractivity contribution in [1.29, 1.82) is 0 Å². The van der Waals surface area contributed by atoms with Gasteiger partial charge in [0.1, 0.15) is 5.58 Å². The van der Waals surface area contributed by atoms with Crippen molar-refractivity contribution in [3.8, 4) is 0 Å². The predicted molar refractivity (Wildman–Crippen MR) is 72.8 cm³/mol. The Hall–Kier alpha value is -1.62. The van der Waals surface area contributed by atoms with E-state index in [1.54, 1.807) is 12.1 Å². The monoisotopic (exact) mass is 278 g/mol. The van der Waals surface area contributed by atoms with Crippen LogP contribution < -0.4 is 4.94 Å². The zero-order valence-corrected chi connectivity index (χ0v) is 11.2. The first-order valence-corrected chi connectivity index (χ1v) is 7.22. The molecule has 1 saturated carbocycles. The van der Waals surface area contributed by atoms with Gasteiger partial charge in [-0.15, -0.1) is 0 Å². The zero-order chi connectivity index (χ0) is 13.5. The Labute approximate surface area is 113 Å². The number of fused-ring (bicyclic) bond motifs is 1. The molecule has 0 bridgehead atoms. The van der Waals surface area contributed by atoms with Crippen molar-refractivity contribution in [2.24, 2.45) is 0 Å². The van der Waals surface area contributed by atoms with E-state index < -0.39 is 11.4 Å². The topological polar surface area (TPSA) is 67.5 Å². The Morgan fingerprint density at radius 2 is 2.00 bits per heavy atom. The summed E-state index contributed by atoms with van der Waals surface area (Å²) >= 11 is 1.00. The number of carboxylic acid groups (broad SMARTS) is 1. The molecule has 0 aliphatic heterocycles. The lowest BCUT2D eigenvalue weighted by atomic mass is 9.69. The predicted octanol–water partition coefficient (Wildman–Crippen LogP) is 3.14. The van der Waals surface area contributed by atoms with Crippen LogP contribution in [0.15, 0.2) is 27.4 Å². The number of aliphatic carboxylic acids is 1. The molecule has 100 valence electrons. The molecule has 1 aromatic heterocycles. The first-order valence-electron chi connectivity index (χ1n) is 6.40. The molecular formula is C14H14O4S. The highest BCUT2D eigenvalue weighted by atomic mass is 32.1. The molecule has 3 rings (SSSR count). The average molecular weight is 278 g/mol. The van der Waals surface area contributed by atoms with E-state index in [0.29, 0.717) is 23.1 Å². The van der Waals surface area contributed by atoms with Crippen LogP contribution in [0.4, 0.5) is 0 Å². The molecule has 1 heterocycles.